The number of rotatable bonds is 7. The Bertz CT molecular complexity index is 1750. The number of anilines is 1. The standard InChI is InChI=1S/C25H22F3N5O5/c1-36-16-5-6-31(12-16)21-9-20-22(23(30-21)37-2)24(34)33(15-7-17(38-13-26)11-29-10-15)25(35)32(20)14-3-4-18(27)19(28)8-14/h3-4,7-11,16H,5-6,12-13H2,1-2H3/t16-/m1/s1/i1D3. The Morgan fingerprint density at radius 3 is 2.68 bits per heavy atom. The molecule has 0 spiro atoms. The van der Waals surface area contributed by atoms with Crippen molar-refractivity contribution in [3.8, 4) is 23.0 Å². The van der Waals surface area contributed by atoms with Crippen molar-refractivity contribution in [1.29, 1.82) is 0 Å². The average molecular weight is 532 g/mol. The molecular formula is C25H22F3N5O5. The first-order chi connectivity index (χ1) is 19.5. The van der Waals surface area contributed by atoms with E-state index in [4.69, 9.17) is 18.3 Å². The van der Waals surface area contributed by atoms with Crippen LogP contribution in [0.15, 0.2) is 52.3 Å². The highest BCUT2D eigenvalue weighted by Crippen LogP contribution is 2.29. The molecule has 0 radical (unpaired) electrons. The van der Waals surface area contributed by atoms with Gasteiger partial charge in [-0.15, -0.1) is 0 Å². The molecule has 13 heteroatoms. The molecule has 1 aliphatic heterocycles. The second kappa shape index (κ2) is 10.2. The van der Waals surface area contributed by atoms with Gasteiger partial charge in [0.1, 0.15) is 17.0 Å². The van der Waals surface area contributed by atoms with Gasteiger partial charge >= 0.3 is 5.69 Å². The van der Waals surface area contributed by atoms with Gasteiger partial charge in [0.25, 0.3) is 5.56 Å². The molecule has 5 rings (SSSR count). The number of pyridine rings is 2. The number of fused-ring (bicyclic) bond motifs is 1. The van der Waals surface area contributed by atoms with Crippen molar-refractivity contribution in [1.82, 2.24) is 19.1 Å². The number of ether oxygens (including phenoxy) is 3. The highest BCUT2D eigenvalue weighted by molar-refractivity contribution is 5.87. The number of alkyl halides is 1. The normalized spacial score (nSPS) is 16.8. The molecule has 10 nitrogen and oxygen atoms in total. The maximum absolute atomic E-state index is 14.4. The lowest BCUT2D eigenvalue weighted by Gasteiger charge is -2.21. The Kier molecular flexibility index (Phi) is 5.80. The van der Waals surface area contributed by atoms with Crippen LogP contribution in [0.5, 0.6) is 11.6 Å². The fourth-order valence-corrected chi connectivity index (χ4v) is 4.39. The van der Waals surface area contributed by atoms with E-state index in [1.807, 2.05) is 0 Å². The number of hydrogen-bond acceptors (Lipinski definition) is 8. The quantitative estimate of drug-likeness (QED) is 0.358. The van der Waals surface area contributed by atoms with Gasteiger partial charge in [0.2, 0.25) is 12.7 Å². The zero-order valence-corrected chi connectivity index (χ0v) is 19.9. The Labute approximate surface area is 217 Å². The highest BCUT2D eigenvalue weighted by Gasteiger charge is 2.27. The number of nitrogens with zero attached hydrogens (tertiary/aromatic N) is 5. The average Bonchev–Trinajstić information content (AvgIpc) is 3.37. The van der Waals surface area contributed by atoms with Crippen LogP contribution in [-0.2, 0) is 4.74 Å². The monoisotopic (exact) mass is 532 g/mol. The Hall–Kier alpha value is -4.39. The summed E-state index contributed by atoms with van der Waals surface area (Å²) in [6, 6.07) is 5.36. The molecule has 198 valence electrons. The fourth-order valence-electron chi connectivity index (χ4n) is 4.39. The summed E-state index contributed by atoms with van der Waals surface area (Å²) in [5, 5.41) is -0.188. The Morgan fingerprint density at radius 1 is 1.11 bits per heavy atom. The summed E-state index contributed by atoms with van der Waals surface area (Å²) in [5.74, 6) is -2.45. The molecule has 4 aromatic rings. The van der Waals surface area contributed by atoms with E-state index in [-0.39, 0.29) is 46.3 Å². The van der Waals surface area contributed by atoms with Gasteiger partial charge in [0.05, 0.1) is 46.6 Å². The van der Waals surface area contributed by atoms with Gasteiger partial charge in [-0.3, -0.25) is 14.3 Å². The molecule has 1 fully saturated rings. The predicted molar refractivity (Wildman–Crippen MR) is 131 cm³/mol. The fraction of sp³-hybridized carbons (Fsp3) is 0.280. The minimum absolute atomic E-state index is 0.0478. The molecule has 0 bridgehead atoms. The molecule has 0 amide bonds. The summed E-state index contributed by atoms with van der Waals surface area (Å²) < 4.78 is 80.1. The zero-order chi connectivity index (χ0) is 29.5. The summed E-state index contributed by atoms with van der Waals surface area (Å²) in [7, 11) is -1.35. The molecule has 0 aliphatic carbocycles. The van der Waals surface area contributed by atoms with Crippen LogP contribution in [0.4, 0.5) is 19.0 Å². The van der Waals surface area contributed by atoms with Crippen LogP contribution >= 0.6 is 0 Å². The van der Waals surface area contributed by atoms with Crippen molar-refractivity contribution in [3.05, 3.63) is 75.2 Å². The Balaban J connectivity index is 1.78. The molecule has 1 saturated heterocycles. The van der Waals surface area contributed by atoms with E-state index in [1.165, 1.54) is 31.6 Å². The van der Waals surface area contributed by atoms with Gasteiger partial charge < -0.3 is 19.1 Å². The van der Waals surface area contributed by atoms with Gasteiger partial charge in [-0.1, -0.05) is 0 Å². The summed E-state index contributed by atoms with van der Waals surface area (Å²) in [6.45, 7) is -0.715. The maximum Gasteiger partial charge on any atom is 0.340 e. The molecule has 1 atom stereocenters. The van der Waals surface area contributed by atoms with Gasteiger partial charge in [0, 0.05) is 38.3 Å². The number of methoxy groups -OCH3 is 2. The molecule has 0 saturated carbocycles. The third kappa shape index (κ3) is 4.34. The molecular weight excluding hydrogens is 507 g/mol. The van der Waals surface area contributed by atoms with Crippen molar-refractivity contribution >= 4 is 16.7 Å². The van der Waals surface area contributed by atoms with Crippen molar-refractivity contribution < 1.29 is 31.5 Å². The minimum atomic E-state index is -2.60. The number of hydrogen-bond donors (Lipinski definition) is 0. The largest absolute Gasteiger partial charge is 0.480 e. The van der Waals surface area contributed by atoms with Crippen molar-refractivity contribution in [2.24, 2.45) is 0 Å². The zero-order valence-electron chi connectivity index (χ0n) is 22.9. The smallest absolute Gasteiger partial charge is 0.340 e. The lowest BCUT2D eigenvalue weighted by atomic mass is 10.2. The third-order valence-electron chi connectivity index (χ3n) is 6.16. The first kappa shape index (κ1) is 21.7. The molecule has 3 aromatic heterocycles. The summed E-state index contributed by atoms with van der Waals surface area (Å²) in [6.07, 6.45) is 2.07. The third-order valence-corrected chi connectivity index (χ3v) is 6.16. The summed E-state index contributed by atoms with van der Waals surface area (Å²) in [5.41, 5.74) is -2.14. The van der Waals surface area contributed by atoms with Crippen molar-refractivity contribution in [3.63, 3.8) is 0 Å². The topological polar surface area (TPSA) is 101 Å². The first-order valence-corrected chi connectivity index (χ1v) is 11.3. The molecule has 4 heterocycles. The van der Waals surface area contributed by atoms with Crippen LogP contribution in [0.2, 0.25) is 0 Å². The van der Waals surface area contributed by atoms with E-state index >= 15 is 0 Å². The molecule has 1 aromatic carbocycles. The van der Waals surface area contributed by atoms with Crippen LogP contribution in [-0.4, -0.2) is 59.3 Å². The van der Waals surface area contributed by atoms with E-state index in [9.17, 15) is 22.8 Å². The molecule has 0 unspecified atom stereocenters. The summed E-state index contributed by atoms with van der Waals surface area (Å²) in [4.78, 5) is 37.7. The predicted octanol–water partition coefficient (Wildman–Crippen LogP) is 2.75. The van der Waals surface area contributed by atoms with Crippen LogP contribution in [0.3, 0.4) is 0 Å². The van der Waals surface area contributed by atoms with E-state index in [1.54, 1.807) is 4.90 Å². The molecule has 1 aliphatic rings. The lowest BCUT2D eigenvalue weighted by molar-refractivity contribution is 0.121. The highest BCUT2D eigenvalue weighted by atomic mass is 19.2. The summed E-state index contributed by atoms with van der Waals surface area (Å²) >= 11 is 0. The second-order valence-corrected chi connectivity index (χ2v) is 8.35. The van der Waals surface area contributed by atoms with Crippen LogP contribution in [0.25, 0.3) is 22.3 Å². The van der Waals surface area contributed by atoms with E-state index in [2.05, 4.69) is 9.97 Å². The van der Waals surface area contributed by atoms with Crippen LogP contribution in [0, 0.1) is 11.6 Å². The van der Waals surface area contributed by atoms with Crippen LogP contribution in [0.1, 0.15) is 10.5 Å². The van der Waals surface area contributed by atoms with E-state index in [0.29, 0.717) is 17.5 Å². The maximum atomic E-state index is 14.4. The van der Waals surface area contributed by atoms with Gasteiger partial charge in [-0.25, -0.2) is 22.5 Å². The number of halogens is 3. The van der Waals surface area contributed by atoms with Crippen LogP contribution < -0.4 is 25.6 Å². The van der Waals surface area contributed by atoms with E-state index in [0.717, 1.165) is 22.8 Å². The van der Waals surface area contributed by atoms with E-state index < -0.39 is 42.9 Å². The molecule has 0 N–H and O–H groups in total. The Morgan fingerprint density at radius 2 is 1.95 bits per heavy atom. The molecule has 38 heavy (non-hydrogen) atoms. The SMILES string of the molecule is [2H]C([2H])([2H])O[C@@H]1CCN(c2cc3c(c(OC)n2)c(=O)n(-c2cncc(OCF)c2)c(=O)n3-c2ccc(F)c(F)c2)C1. The minimum Gasteiger partial charge on any atom is -0.480 e. The second-order valence-electron chi connectivity index (χ2n) is 8.35. The van der Waals surface area contributed by atoms with Gasteiger partial charge in [0.15, 0.2) is 11.6 Å². The van der Waals surface area contributed by atoms with Crippen molar-refractivity contribution in [2.75, 3.05) is 39.0 Å². The first-order valence-electron chi connectivity index (χ1n) is 12.8. The lowest BCUT2D eigenvalue weighted by Crippen LogP contribution is -2.39. The van der Waals surface area contributed by atoms with Gasteiger partial charge in [-0.05, 0) is 18.6 Å². The van der Waals surface area contributed by atoms with Crippen molar-refractivity contribution in [2.45, 2.75) is 12.5 Å². The number of benzene rings is 1. The van der Waals surface area contributed by atoms with Gasteiger partial charge in [-0.2, -0.15) is 4.98 Å². The number of aromatic nitrogens is 4.